The molecule has 1 amide bonds. The lowest BCUT2D eigenvalue weighted by atomic mass is 10.0. The molecule has 0 saturated heterocycles. The van der Waals surface area contributed by atoms with Crippen LogP contribution in [0.25, 0.3) is 22.0 Å². The van der Waals surface area contributed by atoms with Crippen molar-refractivity contribution >= 4 is 28.5 Å². The van der Waals surface area contributed by atoms with Crippen LogP contribution in [0.15, 0.2) is 48.5 Å². The average Bonchev–Trinajstić information content (AvgIpc) is 2.99. The van der Waals surface area contributed by atoms with Crippen LogP contribution >= 0.6 is 0 Å². The molecule has 24 heavy (non-hydrogen) atoms. The van der Waals surface area contributed by atoms with Gasteiger partial charge in [-0.15, -0.1) is 0 Å². The molecule has 0 aliphatic rings. The van der Waals surface area contributed by atoms with E-state index < -0.39 is 0 Å². The van der Waals surface area contributed by atoms with Gasteiger partial charge in [-0.05, 0) is 42.3 Å². The largest absolute Gasteiger partial charge is 0.461 e. The first-order valence-corrected chi connectivity index (χ1v) is 7.75. The molecule has 3 aromatic rings. The minimum atomic E-state index is -0.369. The summed E-state index contributed by atoms with van der Waals surface area (Å²) in [7, 11) is 0. The molecule has 0 fully saturated rings. The maximum Gasteiger partial charge on any atom is 0.354 e. The lowest BCUT2D eigenvalue weighted by Crippen LogP contribution is -2.05. The van der Waals surface area contributed by atoms with E-state index in [4.69, 9.17) is 4.74 Å². The van der Waals surface area contributed by atoms with Crippen molar-refractivity contribution in [2.24, 2.45) is 0 Å². The minimum absolute atomic E-state index is 0.114. The van der Waals surface area contributed by atoms with Gasteiger partial charge in [-0.2, -0.15) is 0 Å². The summed E-state index contributed by atoms with van der Waals surface area (Å²) in [6, 6.07) is 15.2. The van der Waals surface area contributed by atoms with Crippen LogP contribution in [0.3, 0.4) is 0 Å². The van der Waals surface area contributed by atoms with Crippen LogP contribution in [0.5, 0.6) is 0 Å². The number of hydrogen-bond donors (Lipinski definition) is 2. The van der Waals surface area contributed by atoms with Gasteiger partial charge in [-0.3, -0.25) is 4.79 Å². The summed E-state index contributed by atoms with van der Waals surface area (Å²) in [4.78, 5) is 26.3. The molecule has 0 aliphatic carbocycles. The van der Waals surface area contributed by atoms with Crippen LogP contribution in [0.2, 0.25) is 0 Å². The fourth-order valence-corrected chi connectivity index (χ4v) is 2.69. The predicted octanol–water partition coefficient (Wildman–Crippen LogP) is 3.97. The summed E-state index contributed by atoms with van der Waals surface area (Å²) in [5, 5.41) is 3.71. The number of fused-ring (bicyclic) bond motifs is 1. The van der Waals surface area contributed by atoms with E-state index in [2.05, 4.69) is 10.3 Å². The van der Waals surface area contributed by atoms with E-state index in [0.29, 0.717) is 12.3 Å². The summed E-state index contributed by atoms with van der Waals surface area (Å²) in [5.74, 6) is -0.483. The van der Waals surface area contributed by atoms with Gasteiger partial charge in [-0.25, -0.2) is 4.79 Å². The first-order valence-electron chi connectivity index (χ1n) is 7.75. The summed E-state index contributed by atoms with van der Waals surface area (Å²) in [6.07, 6.45) is 0. The van der Waals surface area contributed by atoms with E-state index >= 15 is 0 Å². The van der Waals surface area contributed by atoms with Gasteiger partial charge >= 0.3 is 5.97 Å². The number of aromatic nitrogens is 1. The highest BCUT2D eigenvalue weighted by Gasteiger charge is 2.13. The minimum Gasteiger partial charge on any atom is -0.461 e. The number of anilines is 1. The third-order valence-corrected chi connectivity index (χ3v) is 3.65. The van der Waals surface area contributed by atoms with Crippen molar-refractivity contribution in [3.63, 3.8) is 0 Å². The zero-order valence-corrected chi connectivity index (χ0v) is 13.6. The lowest BCUT2D eigenvalue weighted by molar-refractivity contribution is -0.114. The Labute approximate surface area is 139 Å². The monoisotopic (exact) mass is 322 g/mol. The Bertz CT molecular complexity index is 912. The number of hydrogen-bond acceptors (Lipinski definition) is 3. The van der Waals surface area contributed by atoms with Gasteiger partial charge < -0.3 is 15.0 Å². The Kier molecular flexibility index (Phi) is 4.33. The summed E-state index contributed by atoms with van der Waals surface area (Å²) in [6.45, 7) is 3.59. The van der Waals surface area contributed by atoms with Crippen molar-refractivity contribution in [1.82, 2.24) is 4.98 Å². The first kappa shape index (κ1) is 15.8. The second-order valence-electron chi connectivity index (χ2n) is 5.43. The van der Waals surface area contributed by atoms with Crippen LogP contribution in [0.1, 0.15) is 24.3 Å². The number of esters is 1. The Morgan fingerprint density at radius 3 is 2.67 bits per heavy atom. The molecule has 5 heteroatoms. The van der Waals surface area contributed by atoms with Crippen molar-refractivity contribution in [3.8, 4) is 11.1 Å². The molecular weight excluding hydrogens is 304 g/mol. The van der Waals surface area contributed by atoms with Gasteiger partial charge in [0, 0.05) is 23.5 Å². The van der Waals surface area contributed by atoms with Gasteiger partial charge in [0.15, 0.2) is 0 Å². The zero-order valence-electron chi connectivity index (χ0n) is 13.6. The van der Waals surface area contributed by atoms with Gasteiger partial charge in [0.25, 0.3) is 0 Å². The van der Waals surface area contributed by atoms with Gasteiger partial charge in [0.1, 0.15) is 5.69 Å². The highest BCUT2D eigenvalue weighted by Crippen LogP contribution is 2.31. The van der Waals surface area contributed by atoms with Crippen molar-refractivity contribution in [2.75, 3.05) is 11.9 Å². The molecule has 0 radical (unpaired) electrons. The third-order valence-electron chi connectivity index (χ3n) is 3.65. The fourth-order valence-electron chi connectivity index (χ4n) is 2.69. The standard InChI is InChI=1S/C19H18N2O3/c1-3-24-19(23)18-11-16-15(8-5-9-17(16)21-18)13-6-4-7-14(10-13)20-12(2)22/h4-11,21H,3H2,1-2H3,(H,20,22). The molecule has 0 atom stereocenters. The molecule has 5 nitrogen and oxygen atoms in total. The zero-order chi connectivity index (χ0) is 17.1. The molecular formula is C19H18N2O3. The van der Waals surface area contributed by atoms with Crippen LogP contribution in [0.4, 0.5) is 5.69 Å². The number of ether oxygens (including phenoxy) is 1. The van der Waals surface area contributed by atoms with E-state index in [1.807, 2.05) is 42.5 Å². The Hall–Kier alpha value is -3.08. The number of nitrogens with one attached hydrogen (secondary N) is 2. The molecule has 0 unspecified atom stereocenters. The van der Waals surface area contributed by atoms with Crippen LogP contribution in [-0.2, 0) is 9.53 Å². The number of carbonyl (C=O) groups is 2. The van der Waals surface area contributed by atoms with E-state index in [1.54, 1.807) is 13.0 Å². The SMILES string of the molecule is CCOC(=O)c1cc2c(-c3cccc(NC(C)=O)c3)cccc2[nH]1. The van der Waals surface area contributed by atoms with Crippen LogP contribution in [-0.4, -0.2) is 23.5 Å². The maximum atomic E-state index is 11.9. The molecule has 3 rings (SSSR count). The molecule has 1 aromatic heterocycles. The first-order chi connectivity index (χ1) is 11.6. The number of H-pyrrole nitrogens is 1. The van der Waals surface area contributed by atoms with E-state index in [1.165, 1.54) is 6.92 Å². The topological polar surface area (TPSA) is 71.2 Å². The Morgan fingerprint density at radius 1 is 1.12 bits per heavy atom. The molecule has 0 spiro atoms. The van der Waals surface area contributed by atoms with Crippen molar-refractivity contribution in [3.05, 3.63) is 54.2 Å². The average molecular weight is 322 g/mol. The number of aromatic amines is 1. The number of benzene rings is 2. The molecule has 0 bridgehead atoms. The highest BCUT2D eigenvalue weighted by atomic mass is 16.5. The van der Waals surface area contributed by atoms with Gasteiger partial charge in [0.05, 0.1) is 6.61 Å². The van der Waals surface area contributed by atoms with Gasteiger partial charge in [0.2, 0.25) is 5.91 Å². The molecule has 0 saturated carbocycles. The quantitative estimate of drug-likeness (QED) is 0.714. The molecule has 122 valence electrons. The summed E-state index contributed by atoms with van der Waals surface area (Å²) < 4.78 is 5.05. The maximum absolute atomic E-state index is 11.9. The molecule has 2 N–H and O–H groups in total. The summed E-state index contributed by atoms with van der Waals surface area (Å²) in [5.41, 5.74) is 3.96. The van der Waals surface area contributed by atoms with E-state index in [-0.39, 0.29) is 11.9 Å². The summed E-state index contributed by atoms with van der Waals surface area (Å²) >= 11 is 0. The second-order valence-corrected chi connectivity index (χ2v) is 5.43. The Balaban J connectivity index is 2.06. The van der Waals surface area contributed by atoms with Gasteiger partial charge in [-0.1, -0.05) is 24.3 Å². The molecule has 1 heterocycles. The van der Waals surface area contributed by atoms with E-state index in [0.717, 1.165) is 27.7 Å². The van der Waals surface area contributed by atoms with Crippen molar-refractivity contribution in [1.29, 1.82) is 0 Å². The Morgan fingerprint density at radius 2 is 1.92 bits per heavy atom. The number of amides is 1. The van der Waals surface area contributed by atoms with E-state index in [9.17, 15) is 9.59 Å². The van der Waals surface area contributed by atoms with Crippen molar-refractivity contribution in [2.45, 2.75) is 13.8 Å². The predicted molar refractivity (Wildman–Crippen MR) is 94.0 cm³/mol. The second kappa shape index (κ2) is 6.58. The molecule has 0 aliphatic heterocycles. The normalized spacial score (nSPS) is 10.6. The number of carbonyl (C=O) groups excluding carboxylic acids is 2. The highest BCUT2D eigenvalue weighted by molar-refractivity contribution is 6.01. The van der Waals surface area contributed by atoms with Crippen molar-refractivity contribution < 1.29 is 14.3 Å². The number of rotatable bonds is 4. The smallest absolute Gasteiger partial charge is 0.354 e. The lowest BCUT2D eigenvalue weighted by Gasteiger charge is -2.07. The fraction of sp³-hybridized carbons (Fsp3) is 0.158. The molecule has 2 aromatic carbocycles. The van der Waals surface area contributed by atoms with Crippen LogP contribution < -0.4 is 5.32 Å². The van der Waals surface area contributed by atoms with Crippen LogP contribution in [0, 0.1) is 0 Å². The third kappa shape index (κ3) is 3.15.